The molecule has 0 amide bonds. The van der Waals surface area contributed by atoms with Crippen molar-refractivity contribution in [3.05, 3.63) is 18.2 Å². The van der Waals surface area contributed by atoms with Crippen LogP contribution in [0.15, 0.2) is 38.8 Å². The highest BCUT2D eigenvalue weighted by Crippen LogP contribution is 2.43. The van der Waals surface area contributed by atoms with Crippen molar-refractivity contribution in [3.8, 4) is 0 Å². The molecule has 1 heterocycles. The predicted molar refractivity (Wildman–Crippen MR) is 45.0 cm³/mol. The van der Waals surface area contributed by atoms with Crippen LogP contribution in [-0.4, -0.2) is 7.05 Å². The molecule has 12 heavy (non-hydrogen) atoms. The average Bonchev–Trinajstić information content (AvgIpc) is 2.04. The molecule has 0 unspecified atom stereocenters. The molecular formula is C7H7N5. The lowest BCUT2D eigenvalue weighted by Crippen LogP contribution is -1.89. The van der Waals surface area contributed by atoms with Crippen molar-refractivity contribution in [1.29, 1.82) is 0 Å². The Labute approximate surface area is 69.2 Å². The third-order valence-electron chi connectivity index (χ3n) is 1.54. The molecule has 1 aromatic carbocycles. The first-order valence-corrected chi connectivity index (χ1v) is 3.51. The molecule has 60 valence electrons. The van der Waals surface area contributed by atoms with Gasteiger partial charge in [-0.2, -0.15) is 5.11 Å². The normalized spacial score (nSPS) is 12.8. The Hall–Kier alpha value is -1.78. The Kier molecular flexibility index (Phi) is 1.55. The third kappa shape index (κ3) is 0.952. The molecule has 2 rings (SSSR count). The monoisotopic (exact) mass is 161 g/mol. The molecule has 0 spiro atoms. The number of hydrogen-bond donors (Lipinski definition) is 1. The molecule has 1 aromatic rings. The molecule has 1 aliphatic heterocycles. The first-order valence-electron chi connectivity index (χ1n) is 3.51. The van der Waals surface area contributed by atoms with Crippen LogP contribution in [0, 0.1) is 0 Å². The van der Waals surface area contributed by atoms with Gasteiger partial charge in [0, 0.05) is 0 Å². The van der Waals surface area contributed by atoms with Crippen molar-refractivity contribution in [2.75, 3.05) is 12.5 Å². The topological polar surface area (TPSA) is 61.5 Å². The minimum absolute atomic E-state index is 0.841. The van der Waals surface area contributed by atoms with Crippen molar-refractivity contribution < 1.29 is 0 Å². The highest BCUT2D eigenvalue weighted by Gasteiger charge is 2.13. The van der Waals surface area contributed by atoms with Gasteiger partial charge in [0.05, 0.1) is 12.7 Å². The minimum Gasteiger partial charge on any atom is -0.258 e. The maximum Gasteiger partial charge on any atom is 0.138 e. The van der Waals surface area contributed by atoms with Crippen LogP contribution in [0.2, 0.25) is 0 Å². The highest BCUT2D eigenvalue weighted by molar-refractivity contribution is 5.80. The van der Waals surface area contributed by atoms with E-state index in [2.05, 4.69) is 26.0 Å². The minimum atomic E-state index is 0.841. The van der Waals surface area contributed by atoms with Crippen LogP contribution < -0.4 is 5.43 Å². The van der Waals surface area contributed by atoms with Crippen molar-refractivity contribution in [1.82, 2.24) is 0 Å². The quantitative estimate of drug-likeness (QED) is 0.534. The summed E-state index contributed by atoms with van der Waals surface area (Å²) in [6.45, 7) is 0. The largest absolute Gasteiger partial charge is 0.258 e. The molecule has 5 nitrogen and oxygen atoms in total. The van der Waals surface area contributed by atoms with Crippen molar-refractivity contribution >= 4 is 17.1 Å². The Bertz CT molecular complexity index is 355. The van der Waals surface area contributed by atoms with E-state index >= 15 is 0 Å². The third-order valence-corrected chi connectivity index (χ3v) is 1.54. The fraction of sp³-hybridized carbons (Fsp3) is 0.143. The molecule has 0 bridgehead atoms. The summed E-state index contributed by atoms with van der Waals surface area (Å²) in [5.74, 6) is 0. The zero-order valence-electron chi connectivity index (χ0n) is 6.52. The zero-order valence-corrected chi connectivity index (χ0v) is 6.52. The fourth-order valence-electron chi connectivity index (χ4n) is 0.970. The van der Waals surface area contributed by atoms with E-state index < -0.39 is 0 Å². The van der Waals surface area contributed by atoms with Gasteiger partial charge in [-0.1, -0.05) is 11.3 Å². The number of fused-ring (bicyclic) bond motifs is 1. The summed E-state index contributed by atoms with van der Waals surface area (Å²) in [6, 6.07) is 5.67. The molecule has 0 fully saturated rings. The van der Waals surface area contributed by atoms with Crippen LogP contribution in [0.25, 0.3) is 0 Å². The second-order valence-corrected chi connectivity index (χ2v) is 2.29. The standard InChI is InChI=1S/C7H7N5/c1-8-12-10-6-4-2-3-5-7(6)11-9-5/h2-4H,1H3,(H,8,10). The number of hydrogen-bond acceptors (Lipinski definition) is 4. The van der Waals surface area contributed by atoms with Crippen LogP contribution in [0.4, 0.5) is 17.1 Å². The zero-order chi connectivity index (χ0) is 8.39. The van der Waals surface area contributed by atoms with E-state index in [1.54, 1.807) is 7.05 Å². The molecule has 0 aliphatic carbocycles. The second kappa shape index (κ2) is 2.69. The lowest BCUT2D eigenvalue weighted by Gasteiger charge is -2.10. The highest BCUT2D eigenvalue weighted by atomic mass is 15.4. The molecule has 0 aromatic heterocycles. The summed E-state index contributed by atoms with van der Waals surface area (Å²) in [7, 11) is 1.60. The van der Waals surface area contributed by atoms with Gasteiger partial charge >= 0.3 is 0 Å². The summed E-state index contributed by atoms with van der Waals surface area (Å²) < 4.78 is 0. The number of anilines is 1. The number of azo groups is 1. The van der Waals surface area contributed by atoms with Crippen molar-refractivity contribution in [2.45, 2.75) is 0 Å². The van der Waals surface area contributed by atoms with Gasteiger partial charge in [0.15, 0.2) is 0 Å². The lowest BCUT2D eigenvalue weighted by molar-refractivity contribution is 1.07. The summed E-state index contributed by atoms with van der Waals surface area (Å²) in [6.07, 6.45) is 0. The lowest BCUT2D eigenvalue weighted by atomic mass is 10.2. The Morgan fingerprint density at radius 3 is 2.92 bits per heavy atom. The molecule has 0 saturated carbocycles. The number of rotatable bonds is 2. The van der Waals surface area contributed by atoms with E-state index in [4.69, 9.17) is 0 Å². The van der Waals surface area contributed by atoms with Gasteiger partial charge in [-0.15, -0.1) is 10.2 Å². The maximum atomic E-state index is 3.85. The molecule has 5 heteroatoms. The summed E-state index contributed by atoms with van der Waals surface area (Å²) >= 11 is 0. The SMILES string of the molecule is CN=NNc1cccc2c1N=N2. The van der Waals surface area contributed by atoms with Gasteiger partial charge in [-0.05, 0) is 12.1 Å². The smallest absolute Gasteiger partial charge is 0.138 e. The summed E-state index contributed by atoms with van der Waals surface area (Å²) in [5.41, 5.74) is 5.35. The van der Waals surface area contributed by atoms with E-state index in [9.17, 15) is 0 Å². The Balaban J connectivity index is 2.29. The molecular weight excluding hydrogens is 154 g/mol. The van der Waals surface area contributed by atoms with Gasteiger partial charge < -0.3 is 0 Å². The van der Waals surface area contributed by atoms with Gasteiger partial charge in [0.1, 0.15) is 11.4 Å². The van der Waals surface area contributed by atoms with Crippen LogP contribution in [-0.2, 0) is 0 Å². The van der Waals surface area contributed by atoms with E-state index in [-0.39, 0.29) is 0 Å². The van der Waals surface area contributed by atoms with Crippen molar-refractivity contribution in [2.24, 2.45) is 20.6 Å². The second-order valence-electron chi connectivity index (χ2n) is 2.29. The molecule has 0 radical (unpaired) electrons. The maximum absolute atomic E-state index is 3.85. The molecule has 1 N–H and O–H groups in total. The van der Waals surface area contributed by atoms with Gasteiger partial charge in [0.2, 0.25) is 0 Å². The van der Waals surface area contributed by atoms with Crippen LogP contribution in [0.3, 0.4) is 0 Å². The number of nitrogens with one attached hydrogen (secondary N) is 1. The first kappa shape index (κ1) is 6.90. The van der Waals surface area contributed by atoms with Gasteiger partial charge in [-0.3, -0.25) is 5.43 Å². The first-order chi connectivity index (χ1) is 5.92. The van der Waals surface area contributed by atoms with E-state index in [1.165, 1.54) is 0 Å². The van der Waals surface area contributed by atoms with Crippen LogP contribution >= 0.6 is 0 Å². The van der Waals surface area contributed by atoms with Gasteiger partial charge in [-0.25, -0.2) is 0 Å². The van der Waals surface area contributed by atoms with E-state index in [1.807, 2.05) is 18.2 Å². The summed E-state index contributed by atoms with van der Waals surface area (Å²) in [5, 5.41) is 14.9. The number of nitrogens with zero attached hydrogens (tertiary/aromatic N) is 4. The number of benzene rings is 1. The molecule has 1 aliphatic rings. The summed E-state index contributed by atoms with van der Waals surface area (Å²) in [4.78, 5) is 0. The Morgan fingerprint density at radius 1 is 1.33 bits per heavy atom. The van der Waals surface area contributed by atoms with E-state index in [0.717, 1.165) is 17.1 Å². The van der Waals surface area contributed by atoms with Crippen LogP contribution in [0.1, 0.15) is 0 Å². The Morgan fingerprint density at radius 2 is 2.25 bits per heavy atom. The molecule has 0 atom stereocenters. The molecule has 0 saturated heterocycles. The van der Waals surface area contributed by atoms with Crippen molar-refractivity contribution in [3.63, 3.8) is 0 Å². The predicted octanol–water partition coefficient (Wildman–Crippen LogP) is 2.82. The fourth-order valence-corrected chi connectivity index (χ4v) is 0.970. The van der Waals surface area contributed by atoms with Gasteiger partial charge in [0.25, 0.3) is 0 Å². The van der Waals surface area contributed by atoms with E-state index in [0.29, 0.717) is 0 Å². The average molecular weight is 161 g/mol. The van der Waals surface area contributed by atoms with Crippen LogP contribution in [0.5, 0.6) is 0 Å².